The van der Waals surface area contributed by atoms with Crippen LogP contribution >= 0.6 is 0 Å². The van der Waals surface area contributed by atoms with Crippen molar-refractivity contribution in [2.45, 2.75) is 19.3 Å². The monoisotopic (exact) mass is 878 g/mol. The minimum Gasteiger partial charge on any atom is -0.456 e. The molecule has 69 heavy (non-hydrogen) atoms. The molecule has 1 aliphatic rings. The van der Waals surface area contributed by atoms with Crippen molar-refractivity contribution in [3.63, 3.8) is 0 Å². The number of hydrogen-bond donors (Lipinski definition) is 0. The first kappa shape index (κ1) is 38.4. The molecular formula is C67H42O2. The van der Waals surface area contributed by atoms with Crippen LogP contribution in [-0.4, -0.2) is 0 Å². The Morgan fingerprint density at radius 3 is 1.22 bits per heavy atom. The molecule has 0 unspecified atom stereocenters. The summed E-state index contributed by atoms with van der Waals surface area (Å²) in [7, 11) is 0. The van der Waals surface area contributed by atoms with Crippen molar-refractivity contribution in [1.29, 1.82) is 0 Å². The molecule has 0 amide bonds. The van der Waals surface area contributed by atoms with Gasteiger partial charge < -0.3 is 8.83 Å². The van der Waals surface area contributed by atoms with Crippen molar-refractivity contribution in [2.75, 3.05) is 0 Å². The van der Waals surface area contributed by atoms with Gasteiger partial charge in [-0.2, -0.15) is 0 Å². The molecule has 2 nitrogen and oxygen atoms in total. The first-order valence-corrected chi connectivity index (χ1v) is 24.0. The molecule has 0 atom stereocenters. The Kier molecular flexibility index (Phi) is 7.87. The highest BCUT2D eigenvalue weighted by molar-refractivity contribution is 6.23. The molecule has 2 heterocycles. The van der Waals surface area contributed by atoms with Gasteiger partial charge in [0.2, 0.25) is 0 Å². The molecule has 15 rings (SSSR count). The zero-order valence-electron chi connectivity index (χ0n) is 38.1. The first-order valence-electron chi connectivity index (χ1n) is 24.0. The highest BCUT2D eigenvalue weighted by Crippen LogP contribution is 2.55. The average molecular weight is 879 g/mol. The van der Waals surface area contributed by atoms with Crippen LogP contribution in [0, 0.1) is 0 Å². The van der Waals surface area contributed by atoms with Crippen molar-refractivity contribution < 1.29 is 8.83 Å². The Bertz CT molecular complexity index is 4440. The van der Waals surface area contributed by atoms with Crippen molar-refractivity contribution in [1.82, 2.24) is 0 Å². The van der Waals surface area contributed by atoms with E-state index in [1.54, 1.807) is 0 Å². The molecule has 0 bridgehead atoms. The van der Waals surface area contributed by atoms with Gasteiger partial charge in [0.15, 0.2) is 0 Å². The Labute approximate surface area is 398 Å². The summed E-state index contributed by atoms with van der Waals surface area (Å²) in [4.78, 5) is 0. The largest absolute Gasteiger partial charge is 0.456 e. The van der Waals surface area contributed by atoms with Gasteiger partial charge in [-0.15, -0.1) is 0 Å². The highest BCUT2D eigenvalue weighted by atomic mass is 16.3. The molecule has 0 saturated heterocycles. The Morgan fingerprint density at radius 2 is 0.623 bits per heavy atom. The van der Waals surface area contributed by atoms with Crippen LogP contribution in [0.3, 0.4) is 0 Å². The number of hydrogen-bond acceptors (Lipinski definition) is 2. The second-order valence-corrected chi connectivity index (χ2v) is 19.5. The smallest absolute Gasteiger partial charge is 0.135 e. The van der Waals surface area contributed by atoms with E-state index in [2.05, 4.69) is 220 Å². The van der Waals surface area contributed by atoms with E-state index in [1.807, 2.05) is 12.1 Å². The zero-order chi connectivity index (χ0) is 45.5. The molecule has 2 heteroatoms. The van der Waals surface area contributed by atoms with Gasteiger partial charge in [0.1, 0.15) is 22.3 Å². The first-order chi connectivity index (χ1) is 34.0. The van der Waals surface area contributed by atoms with E-state index in [0.29, 0.717) is 0 Å². The lowest BCUT2D eigenvalue weighted by molar-refractivity contribution is 0.666. The highest BCUT2D eigenvalue weighted by Gasteiger charge is 2.38. The fourth-order valence-corrected chi connectivity index (χ4v) is 12.3. The number of benzene rings is 12. The molecule has 1 aliphatic carbocycles. The maximum absolute atomic E-state index is 6.60. The van der Waals surface area contributed by atoms with Crippen LogP contribution in [0.5, 0.6) is 0 Å². The summed E-state index contributed by atoms with van der Waals surface area (Å²) in [5, 5.41) is 14.7. The Morgan fingerprint density at radius 1 is 0.261 bits per heavy atom. The van der Waals surface area contributed by atoms with Gasteiger partial charge >= 0.3 is 0 Å². The molecular weight excluding hydrogens is 837 g/mol. The normalized spacial score (nSPS) is 13.2. The fourth-order valence-electron chi connectivity index (χ4n) is 12.3. The predicted molar refractivity (Wildman–Crippen MR) is 290 cm³/mol. The van der Waals surface area contributed by atoms with Gasteiger partial charge in [-0.1, -0.05) is 184 Å². The average Bonchev–Trinajstić information content (AvgIpc) is 4.04. The van der Waals surface area contributed by atoms with Crippen molar-refractivity contribution in [3.8, 4) is 55.6 Å². The predicted octanol–water partition coefficient (Wildman–Crippen LogP) is 19.1. The number of fused-ring (bicyclic) bond motifs is 16. The van der Waals surface area contributed by atoms with Gasteiger partial charge in [-0.3, -0.25) is 0 Å². The molecule has 14 aromatic rings. The van der Waals surface area contributed by atoms with Gasteiger partial charge in [-0.25, -0.2) is 0 Å². The Balaban J connectivity index is 0.854. The molecule has 0 spiro atoms. The Hall–Kier alpha value is -8.72. The topological polar surface area (TPSA) is 26.3 Å². The van der Waals surface area contributed by atoms with E-state index in [-0.39, 0.29) is 5.41 Å². The van der Waals surface area contributed by atoms with Crippen LogP contribution in [0.15, 0.2) is 227 Å². The lowest BCUT2D eigenvalue weighted by Crippen LogP contribution is -2.15. The summed E-state index contributed by atoms with van der Waals surface area (Å²) in [6.07, 6.45) is 0. The van der Waals surface area contributed by atoms with E-state index in [0.717, 1.165) is 43.9 Å². The maximum atomic E-state index is 6.60. The quantitative estimate of drug-likeness (QED) is 0.130. The summed E-state index contributed by atoms with van der Waals surface area (Å²) in [6.45, 7) is 4.78. The molecule has 0 radical (unpaired) electrons. The van der Waals surface area contributed by atoms with Crippen LogP contribution in [0.2, 0.25) is 0 Å². The van der Waals surface area contributed by atoms with Crippen LogP contribution in [0.1, 0.15) is 25.0 Å². The lowest BCUT2D eigenvalue weighted by atomic mass is 9.79. The van der Waals surface area contributed by atoms with Crippen molar-refractivity contribution in [2.24, 2.45) is 0 Å². The molecule has 322 valence electrons. The van der Waals surface area contributed by atoms with E-state index in [9.17, 15) is 0 Å². The van der Waals surface area contributed by atoms with E-state index >= 15 is 0 Å². The van der Waals surface area contributed by atoms with Gasteiger partial charge in [0, 0.05) is 27.0 Å². The minimum atomic E-state index is -0.140. The number of furan rings is 2. The van der Waals surface area contributed by atoms with E-state index in [1.165, 1.54) is 110 Å². The van der Waals surface area contributed by atoms with E-state index < -0.39 is 0 Å². The minimum absolute atomic E-state index is 0.140. The van der Waals surface area contributed by atoms with Crippen LogP contribution < -0.4 is 0 Å². The fraction of sp³-hybridized carbons (Fsp3) is 0.0448. The lowest BCUT2D eigenvalue weighted by Gasteiger charge is -2.24. The second-order valence-electron chi connectivity index (χ2n) is 19.5. The molecule has 0 aliphatic heterocycles. The molecule has 0 saturated carbocycles. The summed E-state index contributed by atoms with van der Waals surface area (Å²) in [5.41, 5.74) is 18.5. The van der Waals surface area contributed by atoms with E-state index in [4.69, 9.17) is 8.83 Å². The standard InChI is InChI=1S/C67H42O2/c1-67(2)58-31-27-42(37-57(58)65-48-16-5-3-13-45(48)46-14-4-10-21-53(46)66(65)67)43-29-33-61-55(36-43)56-38-44(30-34-62(56)69-61)64-51-19-8-6-17-49(51)63(50-18-7-9-20-52(50)64)40-25-23-39(24-26-40)41-28-32-60-54(35-41)47-15-11-12-22-59(47)68-60/h3-38H,1-2H3. The van der Waals surface area contributed by atoms with Crippen molar-refractivity contribution in [3.05, 3.63) is 230 Å². The van der Waals surface area contributed by atoms with Gasteiger partial charge in [0.25, 0.3) is 0 Å². The number of para-hydroxylation sites is 1. The summed E-state index contributed by atoms with van der Waals surface area (Å²) >= 11 is 0. The third-order valence-electron chi connectivity index (χ3n) is 15.4. The molecule has 0 fully saturated rings. The van der Waals surface area contributed by atoms with Gasteiger partial charge in [-0.05, 0) is 158 Å². The third kappa shape index (κ3) is 5.49. The van der Waals surface area contributed by atoms with Gasteiger partial charge in [0.05, 0.1) is 0 Å². The molecule has 0 N–H and O–H groups in total. The summed E-state index contributed by atoms with van der Waals surface area (Å²) in [5.74, 6) is 0. The summed E-state index contributed by atoms with van der Waals surface area (Å²) < 4.78 is 12.7. The van der Waals surface area contributed by atoms with Crippen molar-refractivity contribution >= 4 is 87.0 Å². The number of rotatable bonds is 4. The van der Waals surface area contributed by atoms with Crippen LogP contribution in [0.25, 0.3) is 143 Å². The summed E-state index contributed by atoms with van der Waals surface area (Å²) in [6, 6.07) is 80.2. The van der Waals surface area contributed by atoms with Crippen LogP contribution in [-0.2, 0) is 5.41 Å². The molecule has 2 aromatic heterocycles. The SMILES string of the molecule is CC1(C)c2ccc(-c3ccc4oc5ccc(-c6c7ccccc7c(-c7ccc(-c8ccc9oc%10ccccc%10c9c8)cc7)c7ccccc67)cc5c4c3)cc2-c2c1c1ccccc1c1ccccc21. The third-order valence-corrected chi connectivity index (χ3v) is 15.4. The maximum Gasteiger partial charge on any atom is 0.135 e. The van der Waals surface area contributed by atoms with Crippen LogP contribution in [0.4, 0.5) is 0 Å². The second kappa shape index (κ2) is 14.2. The molecule has 12 aromatic carbocycles. The zero-order valence-corrected chi connectivity index (χ0v) is 38.1.